The van der Waals surface area contributed by atoms with Gasteiger partial charge < -0.3 is 4.74 Å². The van der Waals surface area contributed by atoms with Gasteiger partial charge in [-0.2, -0.15) is 5.26 Å². The molecule has 0 aliphatic rings. The minimum absolute atomic E-state index is 0.173. The predicted octanol–water partition coefficient (Wildman–Crippen LogP) is 4.66. The predicted molar refractivity (Wildman–Crippen MR) is 88.4 cm³/mol. The number of allylic oxidation sites excluding steroid dienone is 1. The molecule has 0 N–H and O–H groups in total. The lowest BCUT2D eigenvalue weighted by molar-refractivity contribution is 0.368. The highest BCUT2D eigenvalue weighted by atomic mass is 79.9. The molecule has 0 bridgehead atoms. The Balaban J connectivity index is 2.36. The number of halogens is 2. The van der Waals surface area contributed by atoms with Gasteiger partial charge in [-0.05, 0) is 45.8 Å². The van der Waals surface area contributed by atoms with E-state index in [1.807, 2.05) is 6.07 Å². The fraction of sp³-hybridized carbons (Fsp3) is 0.0556. The van der Waals surface area contributed by atoms with Crippen molar-refractivity contribution in [3.8, 4) is 24.2 Å². The number of terminal acetylenes is 1. The molecule has 0 fully saturated rings. The van der Waals surface area contributed by atoms with Crippen molar-refractivity contribution in [2.75, 3.05) is 6.61 Å². The van der Waals surface area contributed by atoms with Crippen LogP contribution in [0.3, 0.4) is 0 Å². The smallest absolute Gasteiger partial charge is 0.148 e. The van der Waals surface area contributed by atoms with E-state index < -0.39 is 5.82 Å². The molecule has 0 aromatic heterocycles. The zero-order chi connectivity index (χ0) is 15.9. The molecule has 0 radical (unpaired) electrons. The summed E-state index contributed by atoms with van der Waals surface area (Å²) in [6, 6.07) is 13.5. The summed E-state index contributed by atoms with van der Waals surface area (Å²) in [5, 5.41) is 9.26. The molecule has 2 aromatic rings. The Hall–Kier alpha value is -2.56. The number of rotatable bonds is 4. The maximum Gasteiger partial charge on any atom is 0.148 e. The van der Waals surface area contributed by atoms with Crippen molar-refractivity contribution in [3.05, 3.63) is 63.9 Å². The molecular weight excluding hydrogens is 345 g/mol. The van der Waals surface area contributed by atoms with Crippen LogP contribution in [0.15, 0.2) is 46.9 Å². The van der Waals surface area contributed by atoms with Gasteiger partial charge in [-0.25, -0.2) is 4.39 Å². The second kappa shape index (κ2) is 7.45. The summed E-state index contributed by atoms with van der Waals surface area (Å²) in [6.45, 7) is 0.173. The fourth-order valence-corrected chi connectivity index (χ4v) is 2.37. The van der Waals surface area contributed by atoms with Gasteiger partial charge in [0.25, 0.3) is 0 Å². The first-order valence-corrected chi connectivity index (χ1v) is 7.17. The van der Waals surface area contributed by atoms with Crippen LogP contribution in [0.2, 0.25) is 0 Å². The number of hydrogen-bond acceptors (Lipinski definition) is 2. The maximum absolute atomic E-state index is 13.8. The van der Waals surface area contributed by atoms with E-state index in [0.717, 1.165) is 5.56 Å². The highest BCUT2D eigenvalue weighted by molar-refractivity contribution is 9.10. The molecular formula is C18H11BrFNO. The largest absolute Gasteiger partial charge is 0.480 e. The van der Waals surface area contributed by atoms with E-state index in [4.69, 9.17) is 11.2 Å². The zero-order valence-corrected chi connectivity index (χ0v) is 13.1. The quantitative estimate of drug-likeness (QED) is 0.453. The molecule has 0 spiro atoms. The zero-order valence-electron chi connectivity index (χ0n) is 11.5. The summed E-state index contributed by atoms with van der Waals surface area (Å²) in [6.07, 6.45) is 6.77. The monoisotopic (exact) mass is 355 g/mol. The van der Waals surface area contributed by atoms with Gasteiger partial charge in [-0.3, -0.25) is 0 Å². The molecule has 0 aliphatic carbocycles. The Morgan fingerprint density at radius 1 is 1.32 bits per heavy atom. The SMILES string of the molecule is C#CCOc1ccc(/C=C(/C#N)c2ccccc2F)cc1Br. The normalized spacial score (nSPS) is 10.6. The van der Waals surface area contributed by atoms with E-state index in [0.29, 0.717) is 10.2 Å². The summed E-state index contributed by atoms with van der Waals surface area (Å²) >= 11 is 3.38. The average Bonchev–Trinajstić information content (AvgIpc) is 2.52. The summed E-state index contributed by atoms with van der Waals surface area (Å²) in [4.78, 5) is 0. The lowest BCUT2D eigenvalue weighted by Crippen LogP contribution is -1.94. The molecule has 0 aliphatic heterocycles. The second-order valence-corrected chi connectivity index (χ2v) is 5.19. The van der Waals surface area contributed by atoms with E-state index in [1.165, 1.54) is 6.07 Å². The summed E-state index contributed by atoms with van der Waals surface area (Å²) in [5.41, 5.74) is 1.27. The average molecular weight is 356 g/mol. The lowest BCUT2D eigenvalue weighted by atomic mass is 10.0. The number of hydrogen-bond donors (Lipinski definition) is 0. The van der Waals surface area contributed by atoms with Gasteiger partial charge in [0.05, 0.1) is 16.1 Å². The third kappa shape index (κ3) is 3.75. The first-order valence-electron chi connectivity index (χ1n) is 6.38. The van der Waals surface area contributed by atoms with Crippen molar-refractivity contribution in [1.29, 1.82) is 5.26 Å². The molecule has 108 valence electrons. The molecule has 0 saturated carbocycles. The summed E-state index contributed by atoms with van der Waals surface area (Å²) < 4.78 is 19.8. The topological polar surface area (TPSA) is 33.0 Å². The van der Waals surface area contributed by atoms with Crippen molar-refractivity contribution >= 4 is 27.6 Å². The van der Waals surface area contributed by atoms with Gasteiger partial charge in [0.2, 0.25) is 0 Å². The molecule has 2 nitrogen and oxygen atoms in total. The Morgan fingerprint density at radius 2 is 2.09 bits per heavy atom. The van der Waals surface area contributed by atoms with E-state index >= 15 is 0 Å². The Bertz CT molecular complexity index is 799. The molecule has 0 amide bonds. The van der Waals surface area contributed by atoms with E-state index in [1.54, 1.807) is 42.5 Å². The third-order valence-electron chi connectivity index (χ3n) is 2.86. The standard InChI is InChI=1S/C18H11BrFNO/c1-2-9-22-18-8-7-13(11-16(18)19)10-14(12-21)15-5-3-4-6-17(15)20/h1,3-8,10-11H,9H2/b14-10-. The van der Waals surface area contributed by atoms with Crippen LogP contribution >= 0.6 is 15.9 Å². The Kier molecular flexibility index (Phi) is 5.36. The van der Waals surface area contributed by atoms with Gasteiger partial charge in [0, 0.05) is 5.56 Å². The van der Waals surface area contributed by atoms with Crippen molar-refractivity contribution in [1.82, 2.24) is 0 Å². The van der Waals surface area contributed by atoms with Crippen molar-refractivity contribution in [2.24, 2.45) is 0 Å². The van der Waals surface area contributed by atoms with Gasteiger partial charge in [0.1, 0.15) is 18.2 Å². The van der Waals surface area contributed by atoms with Crippen molar-refractivity contribution < 1.29 is 9.13 Å². The molecule has 0 heterocycles. The van der Waals surface area contributed by atoms with Gasteiger partial charge in [-0.15, -0.1) is 6.42 Å². The summed E-state index contributed by atoms with van der Waals surface area (Å²) in [5.74, 6) is 2.57. The number of benzene rings is 2. The van der Waals surface area contributed by atoms with Crippen LogP contribution in [0, 0.1) is 29.5 Å². The molecule has 2 rings (SSSR count). The van der Waals surface area contributed by atoms with Crippen LogP contribution in [0.1, 0.15) is 11.1 Å². The van der Waals surface area contributed by atoms with Gasteiger partial charge >= 0.3 is 0 Å². The van der Waals surface area contributed by atoms with E-state index in [9.17, 15) is 9.65 Å². The second-order valence-electron chi connectivity index (χ2n) is 4.33. The molecule has 2 aromatic carbocycles. The first kappa shape index (κ1) is 15.8. The van der Waals surface area contributed by atoms with Gasteiger partial charge in [0.15, 0.2) is 0 Å². The van der Waals surface area contributed by atoms with Crippen LogP contribution < -0.4 is 4.74 Å². The maximum atomic E-state index is 13.8. The van der Waals surface area contributed by atoms with E-state index in [-0.39, 0.29) is 17.7 Å². The molecule has 4 heteroatoms. The van der Waals surface area contributed by atoms with E-state index in [2.05, 4.69) is 21.9 Å². The molecule has 0 atom stereocenters. The minimum atomic E-state index is -0.427. The number of nitrogens with zero attached hydrogens (tertiary/aromatic N) is 1. The Labute approximate surface area is 137 Å². The molecule has 0 saturated heterocycles. The number of ether oxygens (including phenoxy) is 1. The van der Waals surface area contributed by atoms with Gasteiger partial charge in [-0.1, -0.05) is 30.2 Å². The van der Waals surface area contributed by atoms with Crippen LogP contribution in [0.5, 0.6) is 5.75 Å². The first-order chi connectivity index (χ1) is 10.7. The summed E-state index contributed by atoms with van der Waals surface area (Å²) in [7, 11) is 0. The highest BCUT2D eigenvalue weighted by Gasteiger charge is 2.08. The molecule has 0 unspecified atom stereocenters. The van der Waals surface area contributed by atoms with Crippen LogP contribution in [0.25, 0.3) is 11.6 Å². The van der Waals surface area contributed by atoms with Crippen LogP contribution in [-0.2, 0) is 0 Å². The minimum Gasteiger partial charge on any atom is -0.480 e. The Morgan fingerprint density at radius 3 is 2.73 bits per heavy atom. The molecule has 22 heavy (non-hydrogen) atoms. The van der Waals surface area contributed by atoms with Crippen LogP contribution in [-0.4, -0.2) is 6.61 Å². The fourth-order valence-electron chi connectivity index (χ4n) is 1.86. The highest BCUT2D eigenvalue weighted by Crippen LogP contribution is 2.28. The lowest BCUT2D eigenvalue weighted by Gasteiger charge is -2.06. The van der Waals surface area contributed by atoms with Crippen molar-refractivity contribution in [2.45, 2.75) is 0 Å². The third-order valence-corrected chi connectivity index (χ3v) is 3.48. The van der Waals surface area contributed by atoms with Crippen molar-refractivity contribution in [3.63, 3.8) is 0 Å². The number of nitriles is 1. The van der Waals surface area contributed by atoms with Crippen LogP contribution in [0.4, 0.5) is 4.39 Å².